The summed E-state index contributed by atoms with van der Waals surface area (Å²) >= 11 is 0. The monoisotopic (exact) mass is 267 g/mol. The smallest absolute Gasteiger partial charge is 0.336 e. The number of aryl methyl sites for hydroxylation is 1. The number of nitrogens with one attached hydrogen (secondary N) is 1. The van der Waals surface area contributed by atoms with Crippen molar-refractivity contribution in [2.45, 2.75) is 6.92 Å². The zero-order chi connectivity index (χ0) is 14.3. The molecule has 0 unspecified atom stereocenters. The molecule has 0 aliphatic heterocycles. The molecule has 0 radical (unpaired) electrons. The highest BCUT2D eigenvalue weighted by Crippen LogP contribution is 2.15. The molecule has 0 heterocycles. The van der Waals surface area contributed by atoms with Crippen molar-refractivity contribution < 1.29 is 24.2 Å². The molecule has 6 nitrogen and oxygen atoms in total. The van der Waals surface area contributed by atoms with Crippen LogP contribution in [0.15, 0.2) is 18.2 Å². The van der Waals surface area contributed by atoms with Gasteiger partial charge in [-0.2, -0.15) is 0 Å². The maximum atomic E-state index is 11.5. The number of carbonyl (C=O) groups excluding carboxylic acids is 1. The molecule has 0 saturated carbocycles. The fourth-order valence-corrected chi connectivity index (χ4v) is 1.43. The van der Waals surface area contributed by atoms with Crippen LogP contribution in [0.5, 0.6) is 0 Å². The summed E-state index contributed by atoms with van der Waals surface area (Å²) in [5, 5.41) is 11.5. The van der Waals surface area contributed by atoms with Gasteiger partial charge in [0.1, 0.15) is 6.61 Å². The fraction of sp³-hybridized carbons (Fsp3) is 0.385. The van der Waals surface area contributed by atoms with Crippen LogP contribution >= 0.6 is 0 Å². The molecular formula is C13H17NO5. The Balaban J connectivity index is 2.55. The molecule has 0 saturated heterocycles. The molecule has 0 aliphatic rings. The summed E-state index contributed by atoms with van der Waals surface area (Å²) in [7, 11) is 1.54. The zero-order valence-corrected chi connectivity index (χ0v) is 10.9. The van der Waals surface area contributed by atoms with E-state index in [0.717, 1.165) is 0 Å². The second-order valence-corrected chi connectivity index (χ2v) is 3.93. The van der Waals surface area contributed by atoms with Crippen molar-refractivity contribution in [3.63, 3.8) is 0 Å². The Labute approximate surface area is 111 Å². The van der Waals surface area contributed by atoms with Gasteiger partial charge in [0.2, 0.25) is 5.91 Å². The highest BCUT2D eigenvalue weighted by molar-refractivity contribution is 5.95. The van der Waals surface area contributed by atoms with Crippen LogP contribution in [0.1, 0.15) is 15.9 Å². The number of aromatic carboxylic acids is 1. The molecule has 1 aromatic carbocycles. The fourth-order valence-electron chi connectivity index (χ4n) is 1.43. The van der Waals surface area contributed by atoms with Gasteiger partial charge in [0.15, 0.2) is 0 Å². The number of ether oxygens (including phenoxy) is 2. The van der Waals surface area contributed by atoms with Crippen molar-refractivity contribution in [3.05, 3.63) is 29.3 Å². The second-order valence-electron chi connectivity index (χ2n) is 3.93. The predicted molar refractivity (Wildman–Crippen MR) is 69.5 cm³/mol. The zero-order valence-electron chi connectivity index (χ0n) is 10.9. The standard InChI is InChI=1S/C13H17NO5/c1-9-3-4-10(7-11(9)13(16)17)14-12(15)8-19-6-5-18-2/h3-4,7H,5-6,8H2,1-2H3,(H,14,15)(H,16,17). The minimum Gasteiger partial charge on any atom is -0.478 e. The van der Waals surface area contributed by atoms with E-state index in [1.165, 1.54) is 6.07 Å². The lowest BCUT2D eigenvalue weighted by molar-refractivity contribution is -0.121. The summed E-state index contributed by atoms with van der Waals surface area (Å²) < 4.78 is 9.83. The first-order valence-corrected chi connectivity index (χ1v) is 5.75. The number of carbonyl (C=O) groups is 2. The number of rotatable bonds is 7. The Morgan fingerprint density at radius 3 is 2.68 bits per heavy atom. The van der Waals surface area contributed by atoms with E-state index in [-0.39, 0.29) is 18.1 Å². The number of carboxylic acids is 1. The molecule has 0 aliphatic carbocycles. The summed E-state index contributed by atoms with van der Waals surface area (Å²) in [6.07, 6.45) is 0. The number of benzene rings is 1. The van der Waals surface area contributed by atoms with E-state index in [1.807, 2.05) is 0 Å². The molecule has 0 spiro atoms. The van der Waals surface area contributed by atoms with E-state index in [0.29, 0.717) is 24.5 Å². The lowest BCUT2D eigenvalue weighted by Crippen LogP contribution is -2.19. The molecule has 19 heavy (non-hydrogen) atoms. The number of anilines is 1. The van der Waals surface area contributed by atoms with Crippen molar-refractivity contribution in [1.82, 2.24) is 0 Å². The van der Waals surface area contributed by atoms with Crippen LogP contribution in [0.2, 0.25) is 0 Å². The van der Waals surface area contributed by atoms with Crippen LogP contribution in [-0.4, -0.2) is 43.9 Å². The van der Waals surface area contributed by atoms with Crippen LogP contribution in [0, 0.1) is 6.92 Å². The van der Waals surface area contributed by atoms with Gasteiger partial charge in [-0.05, 0) is 24.6 Å². The number of methoxy groups -OCH3 is 1. The van der Waals surface area contributed by atoms with Gasteiger partial charge in [0.25, 0.3) is 0 Å². The Kier molecular flexibility index (Phi) is 5.98. The van der Waals surface area contributed by atoms with Gasteiger partial charge in [0, 0.05) is 12.8 Å². The van der Waals surface area contributed by atoms with E-state index in [9.17, 15) is 9.59 Å². The number of hydrogen-bond acceptors (Lipinski definition) is 4. The maximum absolute atomic E-state index is 11.5. The molecule has 0 aromatic heterocycles. The molecule has 0 fully saturated rings. The van der Waals surface area contributed by atoms with E-state index < -0.39 is 5.97 Å². The Morgan fingerprint density at radius 2 is 2.05 bits per heavy atom. The van der Waals surface area contributed by atoms with Crippen molar-refractivity contribution in [2.24, 2.45) is 0 Å². The number of carboxylic acid groups (broad SMARTS) is 1. The normalized spacial score (nSPS) is 10.2. The molecule has 1 rings (SSSR count). The third-order valence-electron chi connectivity index (χ3n) is 2.42. The third kappa shape index (κ3) is 5.07. The molecule has 1 amide bonds. The van der Waals surface area contributed by atoms with Crippen LogP contribution < -0.4 is 5.32 Å². The highest BCUT2D eigenvalue weighted by Gasteiger charge is 2.09. The van der Waals surface area contributed by atoms with Gasteiger partial charge in [-0.3, -0.25) is 4.79 Å². The van der Waals surface area contributed by atoms with Crippen molar-refractivity contribution >= 4 is 17.6 Å². The quantitative estimate of drug-likeness (QED) is 0.727. The number of hydrogen-bond donors (Lipinski definition) is 2. The van der Waals surface area contributed by atoms with Crippen LogP contribution in [0.25, 0.3) is 0 Å². The van der Waals surface area contributed by atoms with Crippen LogP contribution in [0.3, 0.4) is 0 Å². The van der Waals surface area contributed by atoms with Crippen molar-refractivity contribution in [2.75, 3.05) is 32.2 Å². The van der Waals surface area contributed by atoms with Gasteiger partial charge in [-0.15, -0.1) is 0 Å². The van der Waals surface area contributed by atoms with E-state index in [1.54, 1.807) is 26.2 Å². The predicted octanol–water partition coefficient (Wildman–Crippen LogP) is 1.29. The van der Waals surface area contributed by atoms with E-state index in [2.05, 4.69) is 5.32 Å². The summed E-state index contributed by atoms with van der Waals surface area (Å²) in [5.41, 5.74) is 1.24. The topological polar surface area (TPSA) is 84.9 Å². The summed E-state index contributed by atoms with van der Waals surface area (Å²) in [4.78, 5) is 22.5. The van der Waals surface area contributed by atoms with E-state index in [4.69, 9.17) is 14.6 Å². The lowest BCUT2D eigenvalue weighted by Gasteiger charge is -2.08. The summed E-state index contributed by atoms with van der Waals surface area (Å²) in [6.45, 7) is 2.35. The first kappa shape index (κ1) is 15.1. The van der Waals surface area contributed by atoms with Crippen LogP contribution in [-0.2, 0) is 14.3 Å². The molecule has 0 bridgehead atoms. The van der Waals surface area contributed by atoms with Gasteiger partial charge in [-0.25, -0.2) is 4.79 Å². The summed E-state index contributed by atoms with van der Waals surface area (Å²) in [5.74, 6) is -1.36. The first-order chi connectivity index (χ1) is 9.04. The first-order valence-electron chi connectivity index (χ1n) is 5.75. The molecule has 104 valence electrons. The molecular weight excluding hydrogens is 250 g/mol. The van der Waals surface area contributed by atoms with Crippen LogP contribution in [0.4, 0.5) is 5.69 Å². The SMILES string of the molecule is COCCOCC(=O)Nc1ccc(C)c(C(=O)O)c1. The highest BCUT2D eigenvalue weighted by atomic mass is 16.5. The van der Waals surface area contributed by atoms with Gasteiger partial charge in [-0.1, -0.05) is 6.07 Å². The average molecular weight is 267 g/mol. The molecule has 1 aromatic rings. The second kappa shape index (κ2) is 7.50. The minimum absolute atomic E-state index is 0.0976. The average Bonchev–Trinajstić information content (AvgIpc) is 2.36. The minimum atomic E-state index is -1.02. The van der Waals surface area contributed by atoms with E-state index >= 15 is 0 Å². The molecule has 0 atom stereocenters. The molecule has 2 N–H and O–H groups in total. The largest absolute Gasteiger partial charge is 0.478 e. The van der Waals surface area contributed by atoms with Gasteiger partial charge < -0.3 is 19.9 Å². The molecule has 6 heteroatoms. The van der Waals surface area contributed by atoms with Crippen molar-refractivity contribution in [3.8, 4) is 0 Å². The number of amides is 1. The Bertz CT molecular complexity index is 458. The lowest BCUT2D eigenvalue weighted by atomic mass is 10.1. The van der Waals surface area contributed by atoms with Gasteiger partial charge in [0.05, 0.1) is 18.8 Å². The summed E-state index contributed by atoms with van der Waals surface area (Å²) in [6, 6.07) is 4.71. The Hall–Kier alpha value is -1.92. The maximum Gasteiger partial charge on any atom is 0.336 e. The van der Waals surface area contributed by atoms with Gasteiger partial charge >= 0.3 is 5.97 Å². The Morgan fingerprint density at radius 1 is 1.32 bits per heavy atom. The third-order valence-corrected chi connectivity index (χ3v) is 2.42. The van der Waals surface area contributed by atoms with Crippen molar-refractivity contribution in [1.29, 1.82) is 0 Å².